The molecule has 21 heavy (non-hydrogen) atoms. The standard InChI is InChI=1S/C16H19N3OS/c1-10-6-11-2-4-19(10)9-14(11)18-16(20)12-7-15-13(17-8-12)3-5-21-15/h3,5,7-8,10-11,14H,2,4,6,9H2,1H3,(H,18,20). The third-order valence-corrected chi connectivity index (χ3v) is 5.79. The molecule has 0 aromatic carbocycles. The predicted molar refractivity (Wildman–Crippen MR) is 84.6 cm³/mol. The van der Waals surface area contributed by atoms with E-state index in [-0.39, 0.29) is 5.91 Å². The van der Waals surface area contributed by atoms with E-state index in [1.807, 2.05) is 17.5 Å². The Morgan fingerprint density at radius 3 is 3.19 bits per heavy atom. The SMILES string of the molecule is CC1CC2CCN1CC2NC(=O)c1cnc2ccsc2c1. The van der Waals surface area contributed by atoms with Crippen molar-refractivity contribution in [2.45, 2.75) is 31.8 Å². The van der Waals surface area contributed by atoms with Crippen LogP contribution in [-0.2, 0) is 0 Å². The number of fused-ring (bicyclic) bond motifs is 4. The molecule has 2 bridgehead atoms. The van der Waals surface area contributed by atoms with Gasteiger partial charge >= 0.3 is 0 Å². The second-order valence-electron chi connectivity index (χ2n) is 6.24. The van der Waals surface area contributed by atoms with Crippen LogP contribution < -0.4 is 5.32 Å². The molecule has 110 valence electrons. The molecular weight excluding hydrogens is 282 g/mol. The molecule has 4 nitrogen and oxygen atoms in total. The van der Waals surface area contributed by atoms with Crippen molar-refractivity contribution in [3.63, 3.8) is 0 Å². The van der Waals surface area contributed by atoms with Crippen LogP contribution in [0.4, 0.5) is 0 Å². The molecule has 1 amide bonds. The van der Waals surface area contributed by atoms with Gasteiger partial charge in [0.2, 0.25) is 0 Å². The van der Waals surface area contributed by atoms with E-state index >= 15 is 0 Å². The molecule has 0 radical (unpaired) electrons. The van der Waals surface area contributed by atoms with Crippen molar-refractivity contribution in [1.82, 2.24) is 15.2 Å². The normalized spacial score (nSPS) is 31.5. The Balaban J connectivity index is 1.50. The first-order valence-electron chi connectivity index (χ1n) is 7.59. The molecule has 0 aliphatic carbocycles. The van der Waals surface area contributed by atoms with E-state index in [4.69, 9.17) is 0 Å². The highest BCUT2D eigenvalue weighted by Crippen LogP contribution is 2.32. The third kappa shape index (κ3) is 2.34. The zero-order chi connectivity index (χ0) is 14.4. The zero-order valence-corrected chi connectivity index (χ0v) is 12.9. The summed E-state index contributed by atoms with van der Waals surface area (Å²) in [6.07, 6.45) is 4.10. The topological polar surface area (TPSA) is 45.2 Å². The summed E-state index contributed by atoms with van der Waals surface area (Å²) in [7, 11) is 0. The highest BCUT2D eigenvalue weighted by Gasteiger charge is 2.38. The summed E-state index contributed by atoms with van der Waals surface area (Å²) in [4.78, 5) is 19.3. The van der Waals surface area contributed by atoms with Gasteiger partial charge < -0.3 is 5.32 Å². The van der Waals surface area contributed by atoms with Gasteiger partial charge in [0.05, 0.1) is 15.8 Å². The van der Waals surface area contributed by atoms with Crippen LogP contribution in [-0.4, -0.2) is 41.0 Å². The second-order valence-corrected chi connectivity index (χ2v) is 7.18. The van der Waals surface area contributed by atoms with Gasteiger partial charge in [0.25, 0.3) is 5.91 Å². The van der Waals surface area contributed by atoms with Gasteiger partial charge in [0.15, 0.2) is 0 Å². The number of nitrogens with one attached hydrogen (secondary N) is 1. The van der Waals surface area contributed by atoms with Gasteiger partial charge in [-0.1, -0.05) is 0 Å². The van der Waals surface area contributed by atoms with Crippen molar-refractivity contribution in [3.05, 3.63) is 29.3 Å². The van der Waals surface area contributed by atoms with Crippen molar-refractivity contribution in [2.75, 3.05) is 13.1 Å². The first-order valence-corrected chi connectivity index (χ1v) is 8.47. The maximum Gasteiger partial charge on any atom is 0.253 e. The van der Waals surface area contributed by atoms with Crippen LogP contribution >= 0.6 is 11.3 Å². The maximum absolute atomic E-state index is 12.5. The molecule has 3 fully saturated rings. The maximum atomic E-state index is 12.5. The fourth-order valence-corrected chi connectivity index (χ4v) is 4.46. The Kier molecular flexibility index (Phi) is 3.19. The van der Waals surface area contributed by atoms with Crippen LogP contribution in [0.2, 0.25) is 0 Å². The van der Waals surface area contributed by atoms with Crippen LogP contribution in [0.15, 0.2) is 23.7 Å². The molecule has 2 aromatic rings. The first-order chi connectivity index (χ1) is 10.2. The van der Waals surface area contributed by atoms with E-state index < -0.39 is 0 Å². The van der Waals surface area contributed by atoms with Crippen LogP contribution in [0.25, 0.3) is 10.2 Å². The molecule has 2 aromatic heterocycles. The number of thiophene rings is 1. The lowest BCUT2D eigenvalue weighted by Crippen LogP contribution is -2.60. The van der Waals surface area contributed by atoms with E-state index in [9.17, 15) is 4.79 Å². The summed E-state index contributed by atoms with van der Waals surface area (Å²) < 4.78 is 1.07. The zero-order valence-electron chi connectivity index (χ0n) is 12.1. The number of carbonyl (C=O) groups excluding carboxylic acids is 1. The van der Waals surface area contributed by atoms with Crippen molar-refractivity contribution in [2.24, 2.45) is 5.92 Å². The number of aromatic nitrogens is 1. The number of carbonyl (C=O) groups is 1. The molecule has 5 heterocycles. The molecule has 0 spiro atoms. The lowest BCUT2D eigenvalue weighted by Gasteiger charge is -2.48. The Morgan fingerprint density at radius 1 is 1.52 bits per heavy atom. The highest BCUT2D eigenvalue weighted by molar-refractivity contribution is 7.17. The predicted octanol–water partition coefficient (Wildman–Crippen LogP) is 2.51. The van der Waals surface area contributed by atoms with Crippen molar-refractivity contribution >= 4 is 27.5 Å². The minimum atomic E-state index is 0.0178. The Bertz CT molecular complexity index is 683. The molecule has 3 saturated heterocycles. The lowest BCUT2D eigenvalue weighted by molar-refractivity contribution is 0.0274. The average molecular weight is 301 g/mol. The monoisotopic (exact) mass is 301 g/mol. The van der Waals surface area contributed by atoms with Crippen LogP contribution in [0.1, 0.15) is 30.1 Å². The Labute approximate surface area is 128 Å². The third-order valence-electron chi connectivity index (χ3n) is 4.94. The number of hydrogen-bond acceptors (Lipinski definition) is 4. The van der Waals surface area contributed by atoms with Gasteiger partial charge in [-0.3, -0.25) is 14.7 Å². The summed E-state index contributed by atoms with van der Waals surface area (Å²) in [6, 6.07) is 4.89. The van der Waals surface area contributed by atoms with Crippen LogP contribution in [0, 0.1) is 5.92 Å². The number of pyridine rings is 1. The fraction of sp³-hybridized carbons (Fsp3) is 0.500. The number of amides is 1. The molecule has 5 heteroatoms. The molecule has 3 aliphatic rings. The summed E-state index contributed by atoms with van der Waals surface area (Å²) in [6.45, 7) is 4.46. The molecule has 3 aliphatic heterocycles. The Hall–Kier alpha value is -1.46. The number of rotatable bonds is 2. The average Bonchev–Trinajstić information content (AvgIpc) is 2.96. The number of piperidine rings is 3. The summed E-state index contributed by atoms with van der Waals surface area (Å²) in [5.41, 5.74) is 1.64. The van der Waals surface area contributed by atoms with E-state index in [1.165, 1.54) is 19.4 Å². The van der Waals surface area contributed by atoms with Crippen molar-refractivity contribution < 1.29 is 4.79 Å². The summed E-state index contributed by atoms with van der Waals surface area (Å²) in [5.74, 6) is 0.650. The minimum absolute atomic E-state index is 0.0178. The van der Waals surface area contributed by atoms with E-state index in [1.54, 1.807) is 17.5 Å². The molecule has 1 N–H and O–H groups in total. The van der Waals surface area contributed by atoms with Gasteiger partial charge in [-0.25, -0.2) is 0 Å². The first kappa shape index (κ1) is 13.2. The second kappa shape index (κ2) is 5.07. The molecule has 4 unspecified atom stereocenters. The van der Waals surface area contributed by atoms with Gasteiger partial charge in [0, 0.05) is 24.8 Å². The molecule has 5 rings (SSSR count). The number of hydrogen-bond donors (Lipinski definition) is 1. The molecule has 0 saturated carbocycles. The van der Waals surface area contributed by atoms with Crippen LogP contribution in [0.5, 0.6) is 0 Å². The van der Waals surface area contributed by atoms with Gasteiger partial charge in [-0.15, -0.1) is 11.3 Å². The largest absolute Gasteiger partial charge is 0.348 e. The molecule has 4 atom stereocenters. The fourth-order valence-electron chi connectivity index (χ4n) is 3.68. The smallest absolute Gasteiger partial charge is 0.253 e. The summed E-state index contributed by atoms with van der Waals surface area (Å²) >= 11 is 1.63. The van der Waals surface area contributed by atoms with Gasteiger partial charge in [0.1, 0.15) is 0 Å². The minimum Gasteiger partial charge on any atom is -0.348 e. The lowest BCUT2D eigenvalue weighted by atomic mass is 9.80. The van der Waals surface area contributed by atoms with E-state index in [0.717, 1.165) is 16.8 Å². The molecular formula is C16H19N3OS. The number of nitrogens with zero attached hydrogens (tertiary/aromatic N) is 2. The van der Waals surface area contributed by atoms with E-state index in [0.29, 0.717) is 23.6 Å². The van der Waals surface area contributed by atoms with Crippen molar-refractivity contribution in [3.8, 4) is 0 Å². The quantitative estimate of drug-likeness (QED) is 0.927. The van der Waals surface area contributed by atoms with Crippen molar-refractivity contribution in [1.29, 1.82) is 0 Å². The Morgan fingerprint density at radius 2 is 2.43 bits per heavy atom. The van der Waals surface area contributed by atoms with Crippen LogP contribution in [0.3, 0.4) is 0 Å². The van der Waals surface area contributed by atoms with Gasteiger partial charge in [-0.05, 0) is 49.7 Å². The highest BCUT2D eigenvalue weighted by atomic mass is 32.1. The van der Waals surface area contributed by atoms with Gasteiger partial charge in [-0.2, -0.15) is 0 Å². The van der Waals surface area contributed by atoms with E-state index in [2.05, 4.69) is 22.1 Å². The summed E-state index contributed by atoms with van der Waals surface area (Å²) in [5, 5.41) is 5.24.